The molecule has 0 aliphatic carbocycles. The quantitative estimate of drug-likeness (QED) is 0.704. The van der Waals surface area contributed by atoms with Crippen LogP contribution in [-0.4, -0.2) is 16.3 Å². The zero-order chi connectivity index (χ0) is 12.7. The lowest BCUT2D eigenvalue weighted by molar-refractivity contribution is 0.300. The topological polar surface area (TPSA) is 29.9 Å². The number of aryl methyl sites for hydroxylation is 1. The maximum atomic E-state index is 4.17. The molecule has 0 spiro atoms. The molecule has 0 radical (unpaired) electrons. The van der Waals surface area contributed by atoms with Crippen LogP contribution in [0.25, 0.3) is 0 Å². The normalized spacial score (nSPS) is 12.0. The molecule has 0 aliphatic heterocycles. The predicted octanol–water partition coefficient (Wildman–Crippen LogP) is 3.12. The van der Waals surface area contributed by atoms with E-state index in [4.69, 9.17) is 0 Å². The Bertz CT molecular complexity index is 315. The molecule has 0 saturated heterocycles. The molecule has 17 heavy (non-hydrogen) atoms. The van der Waals surface area contributed by atoms with Crippen LogP contribution in [0.2, 0.25) is 0 Å². The Morgan fingerprint density at radius 1 is 1.35 bits per heavy atom. The third-order valence-electron chi connectivity index (χ3n) is 3.29. The summed E-state index contributed by atoms with van der Waals surface area (Å²) in [6.45, 7) is 8.93. The van der Waals surface area contributed by atoms with E-state index in [9.17, 15) is 0 Å². The molecular formula is C14H27N3. The van der Waals surface area contributed by atoms with E-state index in [0.717, 1.165) is 13.1 Å². The molecule has 3 nitrogen and oxygen atoms in total. The molecule has 0 saturated carbocycles. The van der Waals surface area contributed by atoms with Gasteiger partial charge in [0.1, 0.15) is 0 Å². The zero-order valence-corrected chi connectivity index (χ0v) is 11.8. The molecule has 1 aromatic rings. The number of hydrogen-bond donors (Lipinski definition) is 1. The summed E-state index contributed by atoms with van der Waals surface area (Å²) in [5.41, 5.74) is 1.64. The van der Waals surface area contributed by atoms with Gasteiger partial charge in [0.05, 0.1) is 5.69 Å². The van der Waals surface area contributed by atoms with Gasteiger partial charge >= 0.3 is 0 Å². The van der Waals surface area contributed by atoms with Crippen LogP contribution in [0.3, 0.4) is 0 Å². The van der Waals surface area contributed by atoms with Crippen LogP contribution >= 0.6 is 0 Å². The van der Waals surface area contributed by atoms with Crippen molar-refractivity contribution in [2.75, 3.05) is 6.54 Å². The fourth-order valence-corrected chi connectivity index (χ4v) is 2.05. The van der Waals surface area contributed by atoms with E-state index in [2.05, 4.69) is 37.3 Å². The summed E-state index contributed by atoms with van der Waals surface area (Å²) in [5, 5.41) is 7.70. The fraction of sp³-hybridized carbons (Fsp3) is 0.786. The van der Waals surface area contributed by atoms with Crippen LogP contribution in [-0.2, 0) is 13.6 Å². The lowest BCUT2D eigenvalue weighted by Gasteiger charge is -2.25. The van der Waals surface area contributed by atoms with Gasteiger partial charge in [-0.2, -0.15) is 5.10 Å². The van der Waals surface area contributed by atoms with Crippen LogP contribution in [0, 0.1) is 5.41 Å². The first kappa shape index (κ1) is 14.2. The van der Waals surface area contributed by atoms with Crippen LogP contribution in [0.1, 0.15) is 52.1 Å². The van der Waals surface area contributed by atoms with Crippen LogP contribution in [0.4, 0.5) is 0 Å². The predicted molar refractivity (Wildman–Crippen MR) is 72.8 cm³/mol. The largest absolute Gasteiger partial charge is 0.311 e. The molecule has 1 rings (SSSR count). The first-order chi connectivity index (χ1) is 8.05. The van der Waals surface area contributed by atoms with Crippen molar-refractivity contribution in [3.63, 3.8) is 0 Å². The molecule has 98 valence electrons. The average molecular weight is 237 g/mol. The van der Waals surface area contributed by atoms with E-state index in [0.29, 0.717) is 5.41 Å². The maximum Gasteiger partial charge on any atom is 0.0518 e. The molecule has 0 bridgehead atoms. The second-order valence-electron chi connectivity index (χ2n) is 5.67. The lowest BCUT2D eigenvalue weighted by atomic mass is 9.87. The van der Waals surface area contributed by atoms with E-state index >= 15 is 0 Å². The van der Waals surface area contributed by atoms with Crippen molar-refractivity contribution in [1.29, 1.82) is 0 Å². The van der Waals surface area contributed by atoms with Crippen molar-refractivity contribution in [3.05, 3.63) is 18.0 Å². The molecule has 0 atom stereocenters. The highest BCUT2D eigenvalue weighted by Gasteiger charge is 2.16. The van der Waals surface area contributed by atoms with Gasteiger partial charge in [0.2, 0.25) is 0 Å². The first-order valence-corrected chi connectivity index (χ1v) is 6.73. The Balaban J connectivity index is 2.23. The second kappa shape index (κ2) is 6.80. The number of nitrogens with one attached hydrogen (secondary N) is 1. The van der Waals surface area contributed by atoms with Gasteiger partial charge < -0.3 is 5.32 Å². The Labute approximate surface area is 106 Å². The number of unbranched alkanes of at least 4 members (excludes halogenated alkanes) is 2. The minimum absolute atomic E-state index is 0.397. The number of rotatable bonds is 8. The average Bonchev–Trinajstić information content (AvgIpc) is 2.64. The van der Waals surface area contributed by atoms with Gasteiger partial charge in [-0.3, -0.25) is 4.68 Å². The summed E-state index contributed by atoms with van der Waals surface area (Å²) in [6.07, 6.45) is 7.16. The van der Waals surface area contributed by atoms with E-state index in [1.54, 1.807) is 0 Å². The van der Waals surface area contributed by atoms with Crippen LogP contribution in [0.15, 0.2) is 12.3 Å². The standard InChI is InChI=1S/C14H27N3/c1-5-6-7-9-14(2,3)12-15-11-13-8-10-16-17(13)4/h8,10,15H,5-7,9,11-12H2,1-4H3. The van der Waals surface area contributed by atoms with Gasteiger partial charge in [0, 0.05) is 26.3 Å². The first-order valence-electron chi connectivity index (χ1n) is 6.73. The third kappa shape index (κ3) is 5.35. The maximum absolute atomic E-state index is 4.17. The van der Waals surface area contributed by atoms with Crippen molar-refractivity contribution in [3.8, 4) is 0 Å². The van der Waals surface area contributed by atoms with Gasteiger partial charge in [-0.15, -0.1) is 0 Å². The highest BCUT2D eigenvalue weighted by atomic mass is 15.3. The lowest BCUT2D eigenvalue weighted by Crippen LogP contribution is -2.29. The van der Waals surface area contributed by atoms with Crippen molar-refractivity contribution in [1.82, 2.24) is 15.1 Å². The van der Waals surface area contributed by atoms with Crippen LogP contribution in [0.5, 0.6) is 0 Å². The highest BCUT2D eigenvalue weighted by molar-refractivity contribution is 4.99. The van der Waals surface area contributed by atoms with Crippen molar-refractivity contribution < 1.29 is 0 Å². The molecule has 1 N–H and O–H groups in total. The van der Waals surface area contributed by atoms with E-state index < -0.39 is 0 Å². The summed E-state index contributed by atoms with van der Waals surface area (Å²) in [7, 11) is 1.99. The molecule has 0 aliphatic rings. The van der Waals surface area contributed by atoms with E-state index in [1.165, 1.54) is 31.4 Å². The smallest absolute Gasteiger partial charge is 0.0518 e. The van der Waals surface area contributed by atoms with Crippen LogP contribution < -0.4 is 5.32 Å². The molecule has 0 unspecified atom stereocenters. The molecule has 0 aromatic carbocycles. The minimum Gasteiger partial charge on any atom is -0.311 e. The Morgan fingerprint density at radius 3 is 2.71 bits per heavy atom. The number of hydrogen-bond acceptors (Lipinski definition) is 2. The van der Waals surface area contributed by atoms with E-state index in [1.807, 2.05) is 17.9 Å². The zero-order valence-electron chi connectivity index (χ0n) is 11.8. The van der Waals surface area contributed by atoms with Gasteiger partial charge in [-0.1, -0.05) is 40.0 Å². The Hall–Kier alpha value is -0.830. The monoisotopic (exact) mass is 237 g/mol. The molecule has 0 amide bonds. The molecular weight excluding hydrogens is 210 g/mol. The minimum atomic E-state index is 0.397. The summed E-state index contributed by atoms with van der Waals surface area (Å²) in [4.78, 5) is 0. The summed E-state index contributed by atoms with van der Waals surface area (Å²) < 4.78 is 1.93. The van der Waals surface area contributed by atoms with Crippen molar-refractivity contribution >= 4 is 0 Å². The van der Waals surface area contributed by atoms with Crippen molar-refractivity contribution in [2.45, 2.75) is 53.0 Å². The van der Waals surface area contributed by atoms with Gasteiger partial charge in [0.15, 0.2) is 0 Å². The molecule has 3 heteroatoms. The van der Waals surface area contributed by atoms with Gasteiger partial charge in [0.25, 0.3) is 0 Å². The number of aromatic nitrogens is 2. The fourth-order valence-electron chi connectivity index (χ4n) is 2.05. The highest BCUT2D eigenvalue weighted by Crippen LogP contribution is 2.22. The molecule has 0 fully saturated rings. The SMILES string of the molecule is CCCCCC(C)(C)CNCc1ccnn1C. The van der Waals surface area contributed by atoms with Gasteiger partial charge in [-0.25, -0.2) is 0 Å². The van der Waals surface area contributed by atoms with E-state index in [-0.39, 0.29) is 0 Å². The number of nitrogens with zero attached hydrogens (tertiary/aromatic N) is 2. The Kier molecular flexibility index (Phi) is 5.69. The Morgan fingerprint density at radius 2 is 2.12 bits per heavy atom. The summed E-state index contributed by atoms with van der Waals surface area (Å²) >= 11 is 0. The van der Waals surface area contributed by atoms with Gasteiger partial charge in [-0.05, 0) is 17.9 Å². The summed E-state index contributed by atoms with van der Waals surface area (Å²) in [6, 6.07) is 2.07. The second-order valence-corrected chi connectivity index (χ2v) is 5.67. The molecule has 1 aromatic heterocycles. The summed E-state index contributed by atoms with van der Waals surface area (Å²) in [5.74, 6) is 0. The molecule has 1 heterocycles. The van der Waals surface area contributed by atoms with Crippen molar-refractivity contribution in [2.24, 2.45) is 12.5 Å². The third-order valence-corrected chi connectivity index (χ3v) is 3.29.